The second kappa shape index (κ2) is 7.25. The molecule has 0 aliphatic heterocycles. The van der Waals surface area contributed by atoms with Crippen LogP contribution in [-0.2, 0) is 4.74 Å². The van der Waals surface area contributed by atoms with E-state index in [1.54, 1.807) is 26.2 Å². The zero-order valence-electron chi connectivity index (χ0n) is 10.3. The Balaban J connectivity index is 2.43. The van der Waals surface area contributed by atoms with Gasteiger partial charge in [0.15, 0.2) is 11.6 Å². The van der Waals surface area contributed by atoms with Crippen molar-refractivity contribution in [2.24, 2.45) is 0 Å². The first-order valence-electron chi connectivity index (χ1n) is 5.74. The molecule has 0 saturated carbocycles. The van der Waals surface area contributed by atoms with Gasteiger partial charge < -0.3 is 14.6 Å². The van der Waals surface area contributed by atoms with Crippen molar-refractivity contribution in [3.05, 3.63) is 29.6 Å². The summed E-state index contributed by atoms with van der Waals surface area (Å²) in [7, 11) is 1.65. The van der Waals surface area contributed by atoms with Crippen LogP contribution in [0.2, 0.25) is 0 Å². The largest absolute Gasteiger partial charge is 0.491 e. The number of unbranched alkanes of at least 4 members (excludes halogenated alkanes) is 1. The highest BCUT2D eigenvalue weighted by atomic mass is 19.1. The van der Waals surface area contributed by atoms with Gasteiger partial charge in [-0.05, 0) is 37.5 Å². The molecule has 0 saturated heterocycles. The lowest BCUT2D eigenvalue weighted by molar-refractivity contribution is 0.183. The van der Waals surface area contributed by atoms with E-state index in [-0.39, 0.29) is 5.75 Å². The van der Waals surface area contributed by atoms with Gasteiger partial charge in [-0.1, -0.05) is 6.07 Å². The highest BCUT2D eigenvalue weighted by molar-refractivity contribution is 5.30. The van der Waals surface area contributed by atoms with E-state index in [4.69, 9.17) is 9.47 Å². The van der Waals surface area contributed by atoms with Crippen LogP contribution in [0.4, 0.5) is 4.39 Å². The Morgan fingerprint density at radius 1 is 1.29 bits per heavy atom. The van der Waals surface area contributed by atoms with E-state index in [0.29, 0.717) is 18.8 Å². The van der Waals surface area contributed by atoms with Gasteiger partial charge in [0, 0.05) is 13.7 Å². The van der Waals surface area contributed by atoms with Gasteiger partial charge in [-0.15, -0.1) is 0 Å². The van der Waals surface area contributed by atoms with Crippen LogP contribution >= 0.6 is 0 Å². The van der Waals surface area contributed by atoms with Gasteiger partial charge in [-0.3, -0.25) is 0 Å². The van der Waals surface area contributed by atoms with Crippen molar-refractivity contribution >= 4 is 0 Å². The molecule has 0 fully saturated rings. The Morgan fingerprint density at radius 3 is 2.59 bits per heavy atom. The molecule has 0 aliphatic rings. The van der Waals surface area contributed by atoms with Gasteiger partial charge in [0.2, 0.25) is 0 Å². The summed E-state index contributed by atoms with van der Waals surface area (Å²) in [5.74, 6) is -0.207. The second-order valence-electron chi connectivity index (χ2n) is 3.91. The summed E-state index contributed by atoms with van der Waals surface area (Å²) in [5.41, 5.74) is 0.550. The maximum Gasteiger partial charge on any atom is 0.165 e. The predicted molar refractivity (Wildman–Crippen MR) is 63.6 cm³/mol. The first-order chi connectivity index (χ1) is 8.15. The van der Waals surface area contributed by atoms with E-state index in [1.165, 1.54) is 6.07 Å². The molecular formula is C13H19FO3. The van der Waals surface area contributed by atoms with Crippen LogP contribution in [0.3, 0.4) is 0 Å². The van der Waals surface area contributed by atoms with E-state index in [2.05, 4.69) is 0 Å². The molecule has 0 heterocycles. The minimum atomic E-state index is -0.666. The maximum atomic E-state index is 13.5. The number of ether oxygens (including phenoxy) is 2. The SMILES string of the molecule is COCCCCOc1ccc(C(C)O)cc1F. The molecule has 1 unspecified atom stereocenters. The highest BCUT2D eigenvalue weighted by Crippen LogP contribution is 2.22. The topological polar surface area (TPSA) is 38.7 Å². The smallest absolute Gasteiger partial charge is 0.165 e. The Morgan fingerprint density at radius 2 is 2.00 bits per heavy atom. The van der Waals surface area contributed by atoms with Crippen molar-refractivity contribution < 1.29 is 19.0 Å². The Labute approximate surface area is 101 Å². The zero-order valence-corrected chi connectivity index (χ0v) is 10.3. The van der Waals surface area contributed by atoms with Gasteiger partial charge in [0.25, 0.3) is 0 Å². The van der Waals surface area contributed by atoms with Crippen molar-refractivity contribution in [1.82, 2.24) is 0 Å². The first-order valence-corrected chi connectivity index (χ1v) is 5.74. The lowest BCUT2D eigenvalue weighted by Gasteiger charge is -2.09. The molecule has 1 aromatic rings. The summed E-state index contributed by atoms with van der Waals surface area (Å²) in [4.78, 5) is 0. The van der Waals surface area contributed by atoms with Gasteiger partial charge in [-0.25, -0.2) is 4.39 Å². The van der Waals surface area contributed by atoms with Gasteiger partial charge >= 0.3 is 0 Å². The van der Waals surface area contributed by atoms with E-state index < -0.39 is 11.9 Å². The van der Waals surface area contributed by atoms with Crippen LogP contribution in [0, 0.1) is 5.82 Å². The molecule has 1 N–H and O–H groups in total. The highest BCUT2D eigenvalue weighted by Gasteiger charge is 2.07. The minimum Gasteiger partial charge on any atom is -0.491 e. The van der Waals surface area contributed by atoms with Crippen LogP contribution in [0.1, 0.15) is 31.4 Å². The second-order valence-corrected chi connectivity index (χ2v) is 3.91. The molecule has 1 atom stereocenters. The lowest BCUT2D eigenvalue weighted by Crippen LogP contribution is -2.02. The predicted octanol–water partition coefficient (Wildman–Crippen LogP) is 2.68. The van der Waals surface area contributed by atoms with Gasteiger partial charge in [0.05, 0.1) is 12.7 Å². The molecule has 0 radical (unpaired) electrons. The summed E-state index contributed by atoms with van der Waals surface area (Å²) >= 11 is 0. The van der Waals surface area contributed by atoms with Crippen molar-refractivity contribution in [3.8, 4) is 5.75 Å². The summed E-state index contributed by atoms with van der Waals surface area (Å²) in [6.07, 6.45) is 1.05. The van der Waals surface area contributed by atoms with E-state index in [0.717, 1.165) is 12.8 Å². The Bertz CT molecular complexity index is 339. The van der Waals surface area contributed by atoms with E-state index in [9.17, 15) is 9.50 Å². The Kier molecular flexibility index (Phi) is 5.94. The summed E-state index contributed by atoms with van der Waals surface area (Å²) in [5, 5.41) is 9.29. The maximum absolute atomic E-state index is 13.5. The first kappa shape index (κ1) is 13.9. The quantitative estimate of drug-likeness (QED) is 0.747. The van der Waals surface area contributed by atoms with Crippen molar-refractivity contribution in [2.75, 3.05) is 20.3 Å². The Hall–Kier alpha value is -1.13. The number of aliphatic hydroxyl groups excluding tert-OH is 1. The lowest BCUT2D eigenvalue weighted by atomic mass is 10.1. The molecule has 96 valence electrons. The minimum absolute atomic E-state index is 0.229. The molecule has 0 aromatic heterocycles. The summed E-state index contributed by atoms with van der Waals surface area (Å²) in [6, 6.07) is 4.51. The molecule has 4 heteroatoms. The third-order valence-electron chi connectivity index (χ3n) is 2.44. The number of benzene rings is 1. The van der Waals surface area contributed by atoms with Crippen LogP contribution in [0.15, 0.2) is 18.2 Å². The molecule has 0 amide bonds. The fourth-order valence-corrected chi connectivity index (χ4v) is 1.42. The molecule has 17 heavy (non-hydrogen) atoms. The van der Waals surface area contributed by atoms with Crippen LogP contribution in [0.25, 0.3) is 0 Å². The van der Waals surface area contributed by atoms with Crippen LogP contribution < -0.4 is 4.74 Å². The molecule has 0 aliphatic carbocycles. The third kappa shape index (κ3) is 4.71. The monoisotopic (exact) mass is 242 g/mol. The van der Waals surface area contributed by atoms with Gasteiger partial charge in [0.1, 0.15) is 0 Å². The fourth-order valence-electron chi connectivity index (χ4n) is 1.42. The third-order valence-corrected chi connectivity index (χ3v) is 2.44. The number of halogens is 1. The van der Waals surface area contributed by atoms with Crippen LogP contribution in [-0.4, -0.2) is 25.4 Å². The average Bonchev–Trinajstić information content (AvgIpc) is 2.30. The molecule has 1 rings (SSSR count). The van der Waals surface area contributed by atoms with E-state index >= 15 is 0 Å². The molecule has 3 nitrogen and oxygen atoms in total. The normalized spacial score (nSPS) is 12.5. The van der Waals surface area contributed by atoms with Gasteiger partial charge in [-0.2, -0.15) is 0 Å². The number of hydrogen-bond acceptors (Lipinski definition) is 3. The molecular weight excluding hydrogens is 223 g/mol. The molecule has 0 bridgehead atoms. The summed E-state index contributed by atoms with van der Waals surface area (Å²) < 4.78 is 23.7. The zero-order chi connectivity index (χ0) is 12.7. The number of aliphatic hydroxyl groups is 1. The number of hydrogen-bond donors (Lipinski definition) is 1. The fraction of sp³-hybridized carbons (Fsp3) is 0.538. The number of methoxy groups -OCH3 is 1. The van der Waals surface area contributed by atoms with Crippen molar-refractivity contribution in [1.29, 1.82) is 0 Å². The number of rotatable bonds is 7. The average molecular weight is 242 g/mol. The summed E-state index contributed by atoms with van der Waals surface area (Å²) in [6.45, 7) is 2.75. The van der Waals surface area contributed by atoms with Crippen molar-refractivity contribution in [2.45, 2.75) is 25.9 Å². The molecule has 0 spiro atoms. The van der Waals surface area contributed by atoms with Crippen molar-refractivity contribution in [3.63, 3.8) is 0 Å². The standard InChI is InChI=1S/C13H19FO3/c1-10(15)11-5-6-13(12(14)9-11)17-8-4-3-7-16-2/h5-6,9-10,15H,3-4,7-8H2,1-2H3. The molecule has 1 aromatic carbocycles. The van der Waals surface area contributed by atoms with Crippen LogP contribution in [0.5, 0.6) is 5.75 Å². The van der Waals surface area contributed by atoms with E-state index in [1.807, 2.05) is 0 Å².